The average molecular weight is 1330 g/mol. The van der Waals surface area contributed by atoms with Crippen LogP contribution in [-0.4, -0.2) is 177 Å². The second-order valence-corrected chi connectivity index (χ2v) is 22.5. The fourth-order valence-corrected chi connectivity index (χ4v) is 9.45. The van der Waals surface area contributed by atoms with Crippen LogP contribution in [0.5, 0.6) is 23.0 Å². The Hall–Kier alpha value is -5.89. The molecule has 0 spiro atoms. The number of aliphatic hydroxyl groups is 1. The average Bonchev–Trinajstić information content (AvgIpc) is 3.47. The van der Waals surface area contributed by atoms with Gasteiger partial charge in [-0.1, -0.05) is 116 Å². The molecule has 5 rings (SSSR count). The smallest absolute Gasteiger partial charge is 0.310 e. The molecule has 18 nitrogen and oxygen atoms in total. The van der Waals surface area contributed by atoms with Crippen LogP contribution in [0.2, 0.25) is 20.1 Å². The fourth-order valence-electron chi connectivity index (χ4n) is 8.47. The summed E-state index contributed by atoms with van der Waals surface area (Å²) < 4.78 is 31.4. The van der Waals surface area contributed by atoms with E-state index < -0.39 is 11.6 Å². The van der Waals surface area contributed by atoms with Crippen molar-refractivity contribution in [1.82, 2.24) is 20.0 Å². The Bertz CT molecular complexity index is 2730. The molecule has 0 bridgehead atoms. The summed E-state index contributed by atoms with van der Waals surface area (Å²) in [7, 11) is 17.0. The van der Waals surface area contributed by atoms with Crippen molar-refractivity contribution in [3.8, 4) is 23.0 Å². The Morgan fingerprint density at radius 3 is 1.31 bits per heavy atom. The van der Waals surface area contributed by atoms with Crippen molar-refractivity contribution in [2.24, 2.45) is 5.92 Å². The number of carbonyl (C=O) groups excluding carboxylic acids is 6. The van der Waals surface area contributed by atoms with Crippen molar-refractivity contribution in [1.29, 1.82) is 0 Å². The van der Waals surface area contributed by atoms with Crippen LogP contribution in [0, 0.1) is 5.92 Å². The molecule has 1 saturated carbocycles. The van der Waals surface area contributed by atoms with E-state index in [1.165, 1.54) is 60.0 Å². The van der Waals surface area contributed by atoms with Gasteiger partial charge in [-0.05, 0) is 150 Å². The first-order chi connectivity index (χ1) is 43.0. The quantitative estimate of drug-likeness (QED) is 0.0175. The number of aryl methyl sites for hydroxylation is 1. The van der Waals surface area contributed by atoms with E-state index in [2.05, 4.69) is 12.2 Å². The van der Waals surface area contributed by atoms with E-state index in [0.717, 1.165) is 67.1 Å². The lowest BCUT2D eigenvalue weighted by Crippen LogP contribution is -2.28. The van der Waals surface area contributed by atoms with E-state index in [4.69, 9.17) is 101 Å². The van der Waals surface area contributed by atoms with E-state index in [-0.39, 0.29) is 60.5 Å². The first kappa shape index (κ1) is 82.1. The van der Waals surface area contributed by atoms with Crippen molar-refractivity contribution in [3.05, 3.63) is 115 Å². The Balaban J connectivity index is 0.000000583. The first-order valence-corrected chi connectivity index (χ1v) is 32.2. The molecule has 3 amide bonds. The largest absolute Gasteiger partial charge is 0.506 e. The highest BCUT2D eigenvalue weighted by Gasteiger charge is 2.16. The molecule has 4 radical (unpaired) electrons. The lowest BCUT2D eigenvalue weighted by molar-refractivity contribution is -0.143. The van der Waals surface area contributed by atoms with Crippen LogP contribution in [0.4, 0.5) is 9.59 Å². The first-order valence-electron chi connectivity index (χ1n) is 30.7. The second-order valence-electron chi connectivity index (χ2n) is 20.9. The molecule has 1 aliphatic rings. The number of nitrogens with zero attached hydrogens (tertiary/aromatic N) is 3. The standard InChI is InChI=1S/C22H34ClNO2.C15H19BClNO4.C14H20ClNO3.C10H11ClO3.C5H10BNO2/c1-3-18-13-14-21(20(23)17-18)26-16-8-15-24(2)22(25)12-7-6-11-19-9-4-5-10-19;1-3-21-14(19)10-11-5-6-13(12(17)9-11)22-8-4-7-18(2)15(16)20;1-3-18-14(17)10-11-5-6-13(12(15)9-11)19-8-4-7-16-2;1-2-14-10(13)6-7-3-4-9(12)8(11)5-7;1-7(5(6)9)3-2-4-8/h13-14,17,19H,3-12,15-16H2,1-2H3;5-6,9H,3-4,7-8,10H2,1-2H3;5-6,9,16H,3-4,7-8,10H2,1-2H3;3-5,12H,2,6H2,1H3;8H,2-4H2,1H3. The van der Waals surface area contributed by atoms with Crippen LogP contribution in [0.1, 0.15) is 127 Å². The van der Waals surface area contributed by atoms with Gasteiger partial charge in [0.1, 0.15) is 23.0 Å². The maximum Gasteiger partial charge on any atom is 0.310 e. The minimum atomic E-state index is -0.471. The molecule has 0 unspecified atom stereocenters. The summed E-state index contributed by atoms with van der Waals surface area (Å²) in [6, 6.07) is 21.1. The molecule has 3 N–H and O–H groups in total. The van der Waals surface area contributed by atoms with E-state index >= 15 is 0 Å². The highest BCUT2D eigenvalue weighted by Crippen LogP contribution is 2.31. The third-order valence-corrected chi connectivity index (χ3v) is 14.7. The molecule has 0 aromatic heterocycles. The predicted octanol–water partition coefficient (Wildman–Crippen LogP) is 12.5. The topological polar surface area (TPSA) is 220 Å². The van der Waals surface area contributed by atoms with Gasteiger partial charge in [0.25, 0.3) is 0 Å². The number of esters is 3. The number of phenols is 1. The molecule has 0 saturated heterocycles. The Kier molecular flexibility index (Phi) is 45.4. The molecule has 1 aliphatic carbocycles. The summed E-state index contributed by atoms with van der Waals surface area (Å²) >= 11 is 24.1. The van der Waals surface area contributed by atoms with Gasteiger partial charge in [0.15, 0.2) is 11.6 Å². The third-order valence-electron chi connectivity index (χ3n) is 13.5. The molecule has 4 aromatic carbocycles. The van der Waals surface area contributed by atoms with Gasteiger partial charge in [0, 0.05) is 53.8 Å². The second kappa shape index (κ2) is 49.8. The van der Waals surface area contributed by atoms with Gasteiger partial charge in [-0.25, -0.2) is 0 Å². The summed E-state index contributed by atoms with van der Waals surface area (Å²) in [4.78, 5) is 71.7. The van der Waals surface area contributed by atoms with Crippen LogP contribution in [0.3, 0.4) is 0 Å². The summed E-state index contributed by atoms with van der Waals surface area (Å²) in [5, 5.41) is 22.4. The van der Waals surface area contributed by atoms with Crippen LogP contribution >= 0.6 is 46.4 Å². The highest BCUT2D eigenvalue weighted by molar-refractivity contribution is 6.57. The van der Waals surface area contributed by atoms with E-state index in [1.54, 1.807) is 77.3 Å². The van der Waals surface area contributed by atoms with Crippen molar-refractivity contribution in [2.75, 3.05) is 101 Å². The van der Waals surface area contributed by atoms with Gasteiger partial charge >= 0.3 is 17.9 Å². The summed E-state index contributed by atoms with van der Waals surface area (Å²) in [5.41, 5.74) is 3.53. The molecule has 4 aromatic rings. The van der Waals surface area contributed by atoms with Crippen LogP contribution in [0.15, 0.2) is 72.8 Å². The molecular weight excluding hydrogens is 1240 g/mol. The summed E-state index contributed by atoms with van der Waals surface area (Å²) in [5.74, 6) is 1.34. The number of hydrogen-bond acceptors (Lipinski definition) is 15. The van der Waals surface area contributed by atoms with Gasteiger partial charge in [0.2, 0.25) is 21.6 Å². The maximum atomic E-state index is 12.2. The Labute approximate surface area is 557 Å². The molecule has 1 fully saturated rings. The number of benzene rings is 4. The zero-order valence-electron chi connectivity index (χ0n) is 53.9. The minimum Gasteiger partial charge on any atom is -0.506 e. The SMILES string of the molecule is CCOC(=O)Cc1ccc(O)c(Cl)c1.CCOC(=O)Cc1ccc(OCCCNC)c(Cl)c1.CCc1ccc(OCCCN(C)C(=O)CCCCC2CCCC2)c(Cl)c1.[B]C(=O)N(C)CCCO.[B]C(=O)N(C)CCCOc1ccc(CC(=O)OCC)cc1Cl. The molecule has 0 atom stereocenters. The van der Waals surface area contributed by atoms with Crippen LogP contribution in [-0.2, 0) is 59.1 Å². The van der Waals surface area contributed by atoms with Gasteiger partial charge in [-0.3, -0.25) is 28.8 Å². The number of aromatic hydroxyl groups is 1. The highest BCUT2D eigenvalue weighted by atomic mass is 35.5. The number of unbranched alkanes of at least 4 members (excludes halogenated alkanes) is 1. The van der Waals surface area contributed by atoms with Gasteiger partial charge in [-0.15, -0.1) is 0 Å². The van der Waals surface area contributed by atoms with Crippen molar-refractivity contribution in [2.45, 2.75) is 130 Å². The number of nitrogens with one attached hydrogen (secondary N) is 1. The van der Waals surface area contributed by atoms with Crippen LogP contribution in [0.25, 0.3) is 0 Å². The fraction of sp³-hybridized carbons (Fsp3) is 0.545. The van der Waals surface area contributed by atoms with Gasteiger partial charge in [-0.2, -0.15) is 0 Å². The number of halogens is 4. The molecule has 0 aliphatic heterocycles. The van der Waals surface area contributed by atoms with E-state index in [1.807, 2.05) is 43.3 Å². The van der Waals surface area contributed by atoms with Crippen molar-refractivity contribution >= 4 is 97.5 Å². The number of rotatable bonds is 33. The summed E-state index contributed by atoms with van der Waals surface area (Å²) in [6.07, 6.45) is 14.3. The number of ether oxygens (including phenoxy) is 6. The molecule has 496 valence electrons. The Morgan fingerprint density at radius 2 is 0.922 bits per heavy atom. The molecular formula is C66H94B2Cl4N4O14. The summed E-state index contributed by atoms with van der Waals surface area (Å²) in [6.45, 7) is 12.9. The lowest BCUT2D eigenvalue weighted by Gasteiger charge is -2.18. The number of carbonyl (C=O) groups is 6. The third kappa shape index (κ3) is 38.1. The van der Waals surface area contributed by atoms with Crippen molar-refractivity contribution < 1.29 is 67.4 Å². The van der Waals surface area contributed by atoms with E-state index in [9.17, 15) is 28.8 Å². The number of phenolic OH excluding ortho intramolecular Hbond substituents is 1. The normalized spacial score (nSPS) is 11.3. The maximum absolute atomic E-state index is 12.2. The zero-order chi connectivity index (χ0) is 67.2. The number of hydrogen-bond donors (Lipinski definition) is 3. The zero-order valence-corrected chi connectivity index (χ0v) is 56.9. The minimum absolute atomic E-state index is 0.0132. The van der Waals surface area contributed by atoms with E-state index in [0.29, 0.717) is 98.6 Å². The number of amides is 3. The van der Waals surface area contributed by atoms with Gasteiger partial charge < -0.3 is 58.7 Å². The van der Waals surface area contributed by atoms with Gasteiger partial charge in [0.05, 0.1) is 79.0 Å². The Morgan fingerprint density at radius 1 is 0.533 bits per heavy atom. The monoisotopic (exact) mass is 1330 g/mol. The molecule has 0 heterocycles. The number of aliphatic hydroxyl groups excluding tert-OH is 1. The molecule has 90 heavy (non-hydrogen) atoms. The lowest BCUT2D eigenvalue weighted by atomic mass is 10.00. The molecule has 24 heteroatoms. The predicted molar refractivity (Wildman–Crippen MR) is 359 cm³/mol. The van der Waals surface area contributed by atoms with Crippen LogP contribution < -0.4 is 19.5 Å². The van der Waals surface area contributed by atoms with Crippen molar-refractivity contribution in [3.63, 3.8) is 0 Å².